The van der Waals surface area contributed by atoms with Crippen LogP contribution in [0.25, 0.3) is 0 Å². The van der Waals surface area contributed by atoms with E-state index in [-0.39, 0.29) is 12.2 Å². The molecule has 1 saturated heterocycles. The predicted molar refractivity (Wildman–Crippen MR) is 133 cm³/mol. The molecular weight excluding hydrogens is 396 g/mol. The molecule has 4 nitrogen and oxygen atoms in total. The van der Waals surface area contributed by atoms with Gasteiger partial charge in [0.1, 0.15) is 6.10 Å². The predicted octanol–water partition coefficient (Wildman–Crippen LogP) is 6.47. The third kappa shape index (κ3) is 6.73. The number of carbonyl (C=O) groups is 1. The Balaban J connectivity index is 1.66. The lowest BCUT2D eigenvalue weighted by atomic mass is 9.71. The van der Waals surface area contributed by atoms with Crippen molar-refractivity contribution < 1.29 is 9.53 Å². The number of benzene rings is 1. The first kappa shape index (κ1) is 25.1. The molecule has 3 rings (SSSR count). The fourth-order valence-corrected chi connectivity index (χ4v) is 6.22. The van der Waals surface area contributed by atoms with Crippen LogP contribution >= 0.6 is 0 Å². The summed E-state index contributed by atoms with van der Waals surface area (Å²) < 4.78 is 5.84. The van der Waals surface area contributed by atoms with Crippen molar-refractivity contribution in [2.75, 3.05) is 26.7 Å². The van der Waals surface area contributed by atoms with Crippen molar-refractivity contribution in [1.29, 1.82) is 0 Å². The summed E-state index contributed by atoms with van der Waals surface area (Å²) in [5, 5.41) is 2.65. The number of likely N-dealkylation sites (tertiary alicyclic amines) is 1. The number of hydrogen-bond donors (Lipinski definition) is 1. The molecule has 1 aliphatic heterocycles. The van der Waals surface area contributed by atoms with E-state index >= 15 is 0 Å². The van der Waals surface area contributed by atoms with Crippen LogP contribution in [0.2, 0.25) is 0 Å². The molecule has 32 heavy (non-hydrogen) atoms. The van der Waals surface area contributed by atoms with Gasteiger partial charge in [-0.15, -0.1) is 0 Å². The lowest BCUT2D eigenvalue weighted by Gasteiger charge is -2.41. The molecule has 5 atom stereocenters. The highest BCUT2D eigenvalue weighted by Gasteiger charge is 2.41. The van der Waals surface area contributed by atoms with Crippen molar-refractivity contribution >= 4 is 6.09 Å². The topological polar surface area (TPSA) is 41.6 Å². The first-order chi connectivity index (χ1) is 15.5. The number of rotatable bonds is 10. The van der Waals surface area contributed by atoms with Gasteiger partial charge in [0.2, 0.25) is 0 Å². The number of alkyl carbamates (subject to hydrolysis) is 1. The zero-order chi connectivity index (χ0) is 22.9. The fourth-order valence-electron chi connectivity index (χ4n) is 6.22. The van der Waals surface area contributed by atoms with Crippen LogP contribution in [0.15, 0.2) is 30.3 Å². The summed E-state index contributed by atoms with van der Waals surface area (Å²) >= 11 is 0. The maximum absolute atomic E-state index is 12.0. The van der Waals surface area contributed by atoms with Gasteiger partial charge in [0.25, 0.3) is 0 Å². The lowest BCUT2D eigenvalue weighted by molar-refractivity contribution is 0.0507. The van der Waals surface area contributed by atoms with E-state index in [4.69, 9.17) is 4.74 Å². The molecule has 0 spiro atoms. The summed E-state index contributed by atoms with van der Waals surface area (Å²) in [4.78, 5) is 14.7. The van der Waals surface area contributed by atoms with Crippen LogP contribution in [0.3, 0.4) is 0 Å². The number of ether oxygens (including phenoxy) is 1. The summed E-state index contributed by atoms with van der Waals surface area (Å²) in [5.74, 6) is 3.24. The van der Waals surface area contributed by atoms with E-state index in [1.807, 2.05) is 0 Å². The van der Waals surface area contributed by atoms with Crippen LogP contribution in [-0.4, -0.2) is 43.8 Å². The Morgan fingerprint density at radius 3 is 2.44 bits per heavy atom. The zero-order valence-electron chi connectivity index (χ0n) is 20.9. The highest BCUT2D eigenvalue weighted by molar-refractivity contribution is 5.66. The second kappa shape index (κ2) is 12.6. The van der Waals surface area contributed by atoms with Crippen molar-refractivity contribution in [2.24, 2.45) is 23.7 Å². The first-order valence-electron chi connectivity index (χ1n) is 13.2. The van der Waals surface area contributed by atoms with Gasteiger partial charge in [0, 0.05) is 19.5 Å². The summed E-state index contributed by atoms with van der Waals surface area (Å²) in [5.41, 5.74) is 1.44. The quantitative estimate of drug-likeness (QED) is 0.451. The minimum absolute atomic E-state index is 0.0400. The Hall–Kier alpha value is -1.55. The van der Waals surface area contributed by atoms with E-state index < -0.39 is 0 Å². The van der Waals surface area contributed by atoms with Crippen LogP contribution < -0.4 is 5.32 Å². The van der Waals surface area contributed by atoms with Crippen LogP contribution in [0.4, 0.5) is 4.79 Å². The Kier molecular flexibility index (Phi) is 9.90. The fraction of sp³-hybridized carbons (Fsp3) is 0.750. The molecule has 3 unspecified atom stereocenters. The number of piperidine rings is 1. The van der Waals surface area contributed by atoms with Crippen molar-refractivity contribution in [3.8, 4) is 0 Å². The highest BCUT2D eigenvalue weighted by Crippen LogP contribution is 2.46. The Labute approximate surface area is 196 Å². The number of amides is 1. The standard InChI is InChI=1S/C28H46N2O2/c1-5-21(3)19-22(6-2)20-30-17-15-24(16-18-30)27(23-11-8-7-9-12-23)25-13-10-14-26(25)32-28(31)29-4/h7-9,11-12,21-22,24-27H,5-6,10,13-20H2,1-4H3,(H,29,31)/t21?,22?,25-,26-,27?/m0/s1. The van der Waals surface area contributed by atoms with Crippen LogP contribution in [-0.2, 0) is 4.74 Å². The van der Waals surface area contributed by atoms with E-state index in [2.05, 4.69) is 61.3 Å². The molecular formula is C28H46N2O2. The van der Waals surface area contributed by atoms with Gasteiger partial charge in [-0.1, -0.05) is 63.9 Å². The first-order valence-corrected chi connectivity index (χ1v) is 13.2. The number of hydrogen-bond acceptors (Lipinski definition) is 3. The Bertz CT molecular complexity index is 671. The van der Waals surface area contributed by atoms with E-state index in [9.17, 15) is 4.79 Å². The van der Waals surface area contributed by atoms with Gasteiger partial charge in [-0.2, -0.15) is 0 Å². The molecule has 0 bridgehead atoms. The van der Waals surface area contributed by atoms with E-state index in [1.54, 1.807) is 7.05 Å². The highest BCUT2D eigenvalue weighted by atomic mass is 16.6. The number of carbonyl (C=O) groups excluding carboxylic acids is 1. The maximum Gasteiger partial charge on any atom is 0.407 e. The minimum atomic E-state index is -0.282. The van der Waals surface area contributed by atoms with Gasteiger partial charge in [-0.3, -0.25) is 0 Å². The van der Waals surface area contributed by atoms with Crippen molar-refractivity contribution in [3.05, 3.63) is 35.9 Å². The van der Waals surface area contributed by atoms with Gasteiger partial charge in [-0.05, 0) is 80.8 Å². The van der Waals surface area contributed by atoms with Crippen LogP contribution in [0.1, 0.15) is 83.6 Å². The molecule has 1 saturated carbocycles. The van der Waals surface area contributed by atoms with Crippen LogP contribution in [0.5, 0.6) is 0 Å². The number of nitrogens with zero attached hydrogens (tertiary/aromatic N) is 1. The summed E-state index contributed by atoms with van der Waals surface area (Å²) in [6.07, 6.45) is 9.51. The smallest absolute Gasteiger partial charge is 0.407 e. The van der Waals surface area contributed by atoms with Gasteiger partial charge in [-0.25, -0.2) is 4.79 Å². The molecule has 2 fully saturated rings. The average molecular weight is 443 g/mol. The van der Waals surface area contributed by atoms with Gasteiger partial charge < -0.3 is 15.0 Å². The van der Waals surface area contributed by atoms with Gasteiger partial charge in [0.15, 0.2) is 0 Å². The summed E-state index contributed by atoms with van der Waals surface area (Å²) in [6, 6.07) is 11.0. The molecule has 1 aromatic carbocycles. The minimum Gasteiger partial charge on any atom is -0.446 e. The molecule has 0 aromatic heterocycles. The third-order valence-electron chi connectivity index (χ3n) is 8.28. The van der Waals surface area contributed by atoms with E-state index in [0.29, 0.717) is 17.8 Å². The normalized spacial score (nSPS) is 25.2. The molecule has 0 radical (unpaired) electrons. The van der Waals surface area contributed by atoms with Crippen molar-refractivity contribution in [2.45, 2.75) is 84.2 Å². The molecule has 4 heteroatoms. The van der Waals surface area contributed by atoms with Gasteiger partial charge >= 0.3 is 6.09 Å². The molecule has 1 aromatic rings. The van der Waals surface area contributed by atoms with Crippen molar-refractivity contribution in [3.63, 3.8) is 0 Å². The Morgan fingerprint density at radius 1 is 1.09 bits per heavy atom. The van der Waals surface area contributed by atoms with Crippen molar-refractivity contribution in [1.82, 2.24) is 10.2 Å². The largest absolute Gasteiger partial charge is 0.446 e. The molecule has 1 aliphatic carbocycles. The lowest BCUT2D eigenvalue weighted by Crippen LogP contribution is -2.41. The average Bonchev–Trinajstić information content (AvgIpc) is 3.27. The van der Waals surface area contributed by atoms with E-state index in [0.717, 1.165) is 31.1 Å². The third-order valence-corrected chi connectivity index (χ3v) is 8.28. The Morgan fingerprint density at radius 2 is 1.81 bits per heavy atom. The maximum atomic E-state index is 12.0. The molecule has 180 valence electrons. The zero-order valence-corrected chi connectivity index (χ0v) is 20.9. The van der Waals surface area contributed by atoms with Crippen LogP contribution in [0, 0.1) is 23.7 Å². The summed E-state index contributed by atoms with van der Waals surface area (Å²) in [7, 11) is 1.65. The summed E-state index contributed by atoms with van der Waals surface area (Å²) in [6.45, 7) is 10.7. The molecule has 2 aliphatic rings. The van der Waals surface area contributed by atoms with E-state index in [1.165, 1.54) is 57.3 Å². The monoisotopic (exact) mass is 442 g/mol. The second-order valence-electron chi connectivity index (χ2n) is 10.4. The molecule has 1 heterocycles. The van der Waals surface area contributed by atoms with Gasteiger partial charge in [0.05, 0.1) is 0 Å². The second-order valence-corrected chi connectivity index (χ2v) is 10.4. The number of nitrogens with one attached hydrogen (secondary N) is 1. The molecule has 1 amide bonds. The SMILES string of the molecule is CCC(C)CC(CC)CN1CCC(C(c2ccccc2)[C@H]2CCC[C@@H]2OC(=O)NC)CC1. The molecule has 1 N–H and O–H groups in total.